The van der Waals surface area contributed by atoms with Crippen LogP contribution in [0.4, 0.5) is 5.95 Å². The summed E-state index contributed by atoms with van der Waals surface area (Å²) in [5.41, 5.74) is 2.25. The molecule has 1 aromatic rings. The molecule has 3 heterocycles. The van der Waals surface area contributed by atoms with Gasteiger partial charge in [-0.15, -0.1) is 0 Å². The molecule has 3 aliphatic rings. The Kier molecular flexibility index (Phi) is 6.42. The Morgan fingerprint density at radius 1 is 1.29 bits per heavy atom. The van der Waals surface area contributed by atoms with E-state index in [2.05, 4.69) is 27.0 Å². The van der Waals surface area contributed by atoms with Crippen LogP contribution in [-0.2, 0) is 22.4 Å². The molecule has 0 radical (unpaired) electrons. The van der Waals surface area contributed by atoms with Crippen LogP contribution in [-0.4, -0.2) is 73.3 Å². The predicted octanol–water partition coefficient (Wildman–Crippen LogP) is 1.27. The van der Waals surface area contributed by atoms with Gasteiger partial charge in [0.25, 0.3) is 0 Å². The first-order valence-electron chi connectivity index (χ1n) is 10.9. The molecule has 2 aliphatic heterocycles. The summed E-state index contributed by atoms with van der Waals surface area (Å²) >= 11 is 0. The minimum absolute atomic E-state index is 0.0469. The van der Waals surface area contributed by atoms with Gasteiger partial charge in [0.15, 0.2) is 0 Å². The number of fused-ring (bicyclic) bond motifs is 1. The van der Waals surface area contributed by atoms with Gasteiger partial charge in [0.1, 0.15) is 0 Å². The highest BCUT2D eigenvalue weighted by atomic mass is 16.5. The number of nitrogens with zero attached hydrogens (tertiary/aromatic N) is 4. The van der Waals surface area contributed by atoms with Crippen LogP contribution in [0.2, 0.25) is 0 Å². The van der Waals surface area contributed by atoms with Gasteiger partial charge in [0.2, 0.25) is 11.9 Å². The lowest BCUT2D eigenvalue weighted by atomic mass is 9.86. The smallest absolute Gasteiger partial charge is 0.225 e. The number of piperidine rings is 1. The molecule has 7 heteroatoms. The van der Waals surface area contributed by atoms with Crippen LogP contribution >= 0.6 is 0 Å². The highest BCUT2D eigenvalue weighted by Gasteiger charge is 2.27. The average Bonchev–Trinajstić information content (AvgIpc) is 2.73. The second kappa shape index (κ2) is 9.18. The van der Waals surface area contributed by atoms with E-state index in [-0.39, 0.29) is 11.8 Å². The zero-order chi connectivity index (χ0) is 19.3. The van der Waals surface area contributed by atoms with Crippen LogP contribution in [0.1, 0.15) is 37.4 Å². The van der Waals surface area contributed by atoms with E-state index >= 15 is 0 Å². The molecular formula is C21H33N5O2. The fourth-order valence-corrected chi connectivity index (χ4v) is 4.61. The van der Waals surface area contributed by atoms with E-state index in [4.69, 9.17) is 9.72 Å². The van der Waals surface area contributed by atoms with Gasteiger partial charge in [-0.25, -0.2) is 9.97 Å². The van der Waals surface area contributed by atoms with Gasteiger partial charge in [-0.3, -0.25) is 4.79 Å². The fraction of sp³-hybridized carbons (Fsp3) is 0.762. The third kappa shape index (κ3) is 4.81. The molecular weight excluding hydrogens is 354 g/mol. The second-order valence-electron chi connectivity index (χ2n) is 8.52. The summed E-state index contributed by atoms with van der Waals surface area (Å²) in [6, 6.07) is 0. The first kappa shape index (κ1) is 19.6. The Bertz CT molecular complexity index is 677. The van der Waals surface area contributed by atoms with E-state index in [1.165, 1.54) is 19.4 Å². The number of anilines is 1. The van der Waals surface area contributed by atoms with Crippen LogP contribution in [0.25, 0.3) is 0 Å². The summed E-state index contributed by atoms with van der Waals surface area (Å²) in [5.74, 6) is 1.82. The number of likely N-dealkylation sites (tertiary alicyclic amines) is 1. The lowest BCUT2D eigenvalue weighted by Gasteiger charge is -2.31. The van der Waals surface area contributed by atoms with Gasteiger partial charge in [-0.1, -0.05) is 6.92 Å². The van der Waals surface area contributed by atoms with Crippen molar-refractivity contribution in [3.63, 3.8) is 0 Å². The number of ether oxygens (including phenoxy) is 1. The SMILES string of the molecule is C[C@H]1CCCN(CCNC(=O)[C@H]2CCc3nc(N4CCOCC4)ncc3C2)C1. The van der Waals surface area contributed by atoms with Gasteiger partial charge in [-0.05, 0) is 50.1 Å². The second-order valence-corrected chi connectivity index (χ2v) is 8.52. The third-order valence-corrected chi connectivity index (χ3v) is 6.27. The Labute approximate surface area is 167 Å². The van der Waals surface area contributed by atoms with Crippen LogP contribution in [0, 0.1) is 11.8 Å². The molecule has 1 amide bonds. The monoisotopic (exact) mass is 387 g/mol. The standard InChI is InChI=1S/C21H33N5O2/c1-16-3-2-7-25(15-16)8-6-22-20(27)17-4-5-19-18(13-17)14-23-21(24-19)26-9-11-28-12-10-26/h14,16-17H,2-13,15H2,1H3,(H,22,27)/t16-,17-/m0/s1. The Balaban J connectivity index is 1.26. The van der Waals surface area contributed by atoms with Crippen molar-refractivity contribution in [2.24, 2.45) is 11.8 Å². The van der Waals surface area contributed by atoms with E-state index in [0.29, 0.717) is 0 Å². The zero-order valence-electron chi connectivity index (χ0n) is 17.0. The molecule has 1 aliphatic carbocycles. The summed E-state index contributed by atoms with van der Waals surface area (Å²) < 4.78 is 5.41. The molecule has 2 fully saturated rings. The Morgan fingerprint density at radius 3 is 2.96 bits per heavy atom. The minimum atomic E-state index is 0.0469. The zero-order valence-corrected chi connectivity index (χ0v) is 17.0. The molecule has 0 aromatic carbocycles. The lowest BCUT2D eigenvalue weighted by molar-refractivity contribution is -0.125. The molecule has 28 heavy (non-hydrogen) atoms. The van der Waals surface area contributed by atoms with Gasteiger partial charge in [0, 0.05) is 50.5 Å². The van der Waals surface area contributed by atoms with Crippen molar-refractivity contribution in [1.82, 2.24) is 20.2 Å². The molecule has 7 nitrogen and oxygen atoms in total. The molecule has 154 valence electrons. The number of aromatic nitrogens is 2. The van der Waals surface area contributed by atoms with Crippen molar-refractivity contribution in [3.05, 3.63) is 17.5 Å². The number of amides is 1. The number of nitrogens with one attached hydrogen (secondary N) is 1. The lowest BCUT2D eigenvalue weighted by Crippen LogP contribution is -2.42. The Morgan fingerprint density at radius 2 is 2.14 bits per heavy atom. The summed E-state index contributed by atoms with van der Waals surface area (Å²) in [5, 5.41) is 3.16. The Hall–Kier alpha value is -1.73. The molecule has 1 aromatic heterocycles. The van der Waals surface area contributed by atoms with E-state index in [0.717, 1.165) is 88.3 Å². The number of carbonyl (C=O) groups is 1. The van der Waals surface area contributed by atoms with Crippen molar-refractivity contribution in [1.29, 1.82) is 0 Å². The van der Waals surface area contributed by atoms with Crippen LogP contribution < -0.4 is 10.2 Å². The maximum absolute atomic E-state index is 12.6. The number of carbonyl (C=O) groups excluding carboxylic acids is 1. The van der Waals surface area contributed by atoms with E-state index in [1.54, 1.807) is 0 Å². The highest BCUT2D eigenvalue weighted by Crippen LogP contribution is 2.25. The summed E-state index contributed by atoms with van der Waals surface area (Å²) in [7, 11) is 0. The molecule has 0 unspecified atom stereocenters. The molecule has 4 rings (SSSR count). The largest absolute Gasteiger partial charge is 0.378 e. The third-order valence-electron chi connectivity index (χ3n) is 6.27. The van der Waals surface area contributed by atoms with Crippen molar-refractivity contribution in [2.45, 2.75) is 39.0 Å². The van der Waals surface area contributed by atoms with Crippen molar-refractivity contribution in [3.8, 4) is 0 Å². The molecule has 0 saturated carbocycles. The summed E-state index contributed by atoms with van der Waals surface area (Å²) in [4.78, 5) is 26.6. The maximum Gasteiger partial charge on any atom is 0.225 e. The number of aryl methyl sites for hydroxylation is 1. The number of morpholine rings is 1. The van der Waals surface area contributed by atoms with Gasteiger partial charge in [0.05, 0.1) is 13.2 Å². The van der Waals surface area contributed by atoms with Gasteiger partial charge < -0.3 is 19.9 Å². The molecule has 2 atom stereocenters. The molecule has 0 bridgehead atoms. The minimum Gasteiger partial charge on any atom is -0.378 e. The number of rotatable bonds is 5. The fourth-order valence-electron chi connectivity index (χ4n) is 4.61. The van der Waals surface area contributed by atoms with E-state index < -0.39 is 0 Å². The normalized spacial score (nSPS) is 26.0. The maximum atomic E-state index is 12.6. The van der Waals surface area contributed by atoms with Crippen molar-refractivity contribution in [2.75, 3.05) is 57.4 Å². The molecule has 1 N–H and O–H groups in total. The first-order chi connectivity index (χ1) is 13.7. The highest BCUT2D eigenvalue weighted by molar-refractivity contribution is 5.79. The molecule has 0 spiro atoms. The number of hydrogen-bond donors (Lipinski definition) is 1. The first-order valence-corrected chi connectivity index (χ1v) is 10.9. The van der Waals surface area contributed by atoms with E-state index in [9.17, 15) is 4.79 Å². The summed E-state index contributed by atoms with van der Waals surface area (Å²) in [6.07, 6.45) is 7.03. The van der Waals surface area contributed by atoms with Crippen molar-refractivity contribution >= 4 is 11.9 Å². The van der Waals surface area contributed by atoms with Crippen LogP contribution in [0.3, 0.4) is 0 Å². The van der Waals surface area contributed by atoms with Crippen molar-refractivity contribution < 1.29 is 9.53 Å². The van der Waals surface area contributed by atoms with Crippen LogP contribution in [0.5, 0.6) is 0 Å². The quantitative estimate of drug-likeness (QED) is 0.820. The number of hydrogen-bond acceptors (Lipinski definition) is 6. The van der Waals surface area contributed by atoms with E-state index in [1.807, 2.05) is 6.20 Å². The predicted molar refractivity (Wildman–Crippen MR) is 108 cm³/mol. The average molecular weight is 388 g/mol. The van der Waals surface area contributed by atoms with Crippen LogP contribution in [0.15, 0.2) is 6.20 Å². The molecule has 2 saturated heterocycles. The summed E-state index contributed by atoms with van der Waals surface area (Å²) in [6.45, 7) is 9.52. The van der Waals surface area contributed by atoms with Gasteiger partial charge >= 0.3 is 0 Å². The van der Waals surface area contributed by atoms with Gasteiger partial charge in [-0.2, -0.15) is 0 Å². The topological polar surface area (TPSA) is 70.6 Å².